The molecule has 0 aromatic heterocycles. The minimum absolute atomic E-state index is 0.522. The van der Waals surface area contributed by atoms with Gasteiger partial charge in [0, 0.05) is 12.6 Å². The fourth-order valence-electron chi connectivity index (χ4n) is 4.36. The average Bonchev–Trinajstić information content (AvgIpc) is 2.37. The molecule has 2 aliphatic carbocycles. The average molecular weight is 281 g/mol. The first-order chi connectivity index (χ1) is 9.55. The summed E-state index contributed by atoms with van der Waals surface area (Å²) >= 11 is 0. The van der Waals surface area contributed by atoms with E-state index < -0.39 is 0 Å². The Labute approximate surface area is 126 Å². The Hall–Kier alpha value is -0.0800. The second kappa shape index (κ2) is 7.79. The zero-order valence-electron chi connectivity index (χ0n) is 13.9. The van der Waals surface area contributed by atoms with Crippen molar-refractivity contribution in [2.24, 2.45) is 11.3 Å². The minimum Gasteiger partial charge on any atom is -0.378 e. The zero-order valence-corrected chi connectivity index (χ0v) is 13.9. The van der Waals surface area contributed by atoms with Crippen molar-refractivity contribution in [3.05, 3.63) is 0 Å². The third-order valence-electron chi connectivity index (χ3n) is 5.05. The molecule has 0 aliphatic heterocycles. The van der Waals surface area contributed by atoms with Crippen molar-refractivity contribution in [3.8, 4) is 0 Å². The van der Waals surface area contributed by atoms with E-state index in [9.17, 15) is 0 Å². The van der Waals surface area contributed by atoms with Crippen molar-refractivity contribution in [1.82, 2.24) is 5.32 Å². The van der Waals surface area contributed by atoms with E-state index in [0.29, 0.717) is 11.5 Å². The molecule has 2 aliphatic rings. The van der Waals surface area contributed by atoms with Crippen LogP contribution in [0.5, 0.6) is 0 Å². The zero-order chi connectivity index (χ0) is 14.4. The predicted molar refractivity (Wildman–Crippen MR) is 86.0 cm³/mol. The van der Waals surface area contributed by atoms with Gasteiger partial charge in [0.15, 0.2) is 0 Å². The molecule has 0 aromatic rings. The fourth-order valence-corrected chi connectivity index (χ4v) is 4.36. The predicted octanol–water partition coefficient (Wildman–Crippen LogP) is 4.53. The molecule has 2 nitrogen and oxygen atoms in total. The van der Waals surface area contributed by atoms with E-state index in [2.05, 4.69) is 26.1 Å². The highest BCUT2D eigenvalue weighted by Crippen LogP contribution is 2.38. The van der Waals surface area contributed by atoms with Crippen LogP contribution in [0.15, 0.2) is 0 Å². The molecular weight excluding hydrogens is 246 g/mol. The number of hydrogen-bond donors (Lipinski definition) is 1. The lowest BCUT2D eigenvalue weighted by Gasteiger charge is -2.39. The molecule has 2 atom stereocenters. The molecule has 2 unspecified atom stereocenters. The smallest absolute Gasteiger partial charge is 0.0575 e. The highest BCUT2D eigenvalue weighted by molar-refractivity contribution is 4.86. The maximum Gasteiger partial charge on any atom is 0.0575 e. The van der Waals surface area contributed by atoms with Gasteiger partial charge in [-0.05, 0) is 56.4 Å². The standard InChI is InChI=1S/C18H35NO/c1-15-12-16(14-18(2,3)13-15)19-10-7-11-20-17-8-5-4-6-9-17/h15-17,19H,4-14H2,1-3H3. The molecule has 0 saturated heterocycles. The first-order valence-electron chi connectivity index (χ1n) is 8.90. The Morgan fingerprint density at radius 3 is 2.55 bits per heavy atom. The van der Waals surface area contributed by atoms with Crippen molar-refractivity contribution in [2.45, 2.75) is 90.7 Å². The molecule has 0 amide bonds. The molecule has 2 heteroatoms. The largest absolute Gasteiger partial charge is 0.378 e. The van der Waals surface area contributed by atoms with Gasteiger partial charge in [0.2, 0.25) is 0 Å². The van der Waals surface area contributed by atoms with Gasteiger partial charge in [-0.3, -0.25) is 0 Å². The Morgan fingerprint density at radius 1 is 1.10 bits per heavy atom. The molecule has 0 aromatic carbocycles. The molecule has 20 heavy (non-hydrogen) atoms. The van der Waals surface area contributed by atoms with Crippen LogP contribution in [-0.2, 0) is 4.74 Å². The summed E-state index contributed by atoms with van der Waals surface area (Å²) in [7, 11) is 0. The topological polar surface area (TPSA) is 21.3 Å². The summed E-state index contributed by atoms with van der Waals surface area (Å²) in [6.07, 6.45) is 12.6. The van der Waals surface area contributed by atoms with Crippen LogP contribution in [0.3, 0.4) is 0 Å². The Balaban J connectivity index is 1.54. The van der Waals surface area contributed by atoms with Gasteiger partial charge in [-0.15, -0.1) is 0 Å². The number of nitrogens with one attached hydrogen (secondary N) is 1. The Bertz CT molecular complexity index is 271. The van der Waals surface area contributed by atoms with Crippen molar-refractivity contribution in [3.63, 3.8) is 0 Å². The number of rotatable bonds is 6. The lowest BCUT2D eigenvalue weighted by Crippen LogP contribution is -2.40. The van der Waals surface area contributed by atoms with Crippen molar-refractivity contribution in [1.29, 1.82) is 0 Å². The lowest BCUT2D eigenvalue weighted by atomic mass is 9.70. The monoisotopic (exact) mass is 281 g/mol. The molecule has 2 fully saturated rings. The molecule has 2 saturated carbocycles. The molecule has 0 heterocycles. The molecular formula is C18H35NO. The van der Waals surface area contributed by atoms with E-state index >= 15 is 0 Å². The summed E-state index contributed by atoms with van der Waals surface area (Å²) < 4.78 is 5.99. The van der Waals surface area contributed by atoms with Gasteiger partial charge in [-0.25, -0.2) is 0 Å². The normalized spacial score (nSPS) is 31.4. The molecule has 0 bridgehead atoms. The maximum atomic E-state index is 5.99. The van der Waals surface area contributed by atoms with Crippen LogP contribution < -0.4 is 5.32 Å². The Kier molecular flexibility index (Phi) is 6.35. The van der Waals surface area contributed by atoms with Gasteiger partial charge in [0.05, 0.1) is 6.10 Å². The third-order valence-corrected chi connectivity index (χ3v) is 5.05. The molecule has 2 rings (SSSR count). The van der Waals surface area contributed by atoms with E-state index in [0.717, 1.165) is 25.1 Å². The molecule has 118 valence electrons. The van der Waals surface area contributed by atoms with Crippen LogP contribution in [0.1, 0.15) is 78.6 Å². The summed E-state index contributed by atoms with van der Waals surface area (Å²) in [5.74, 6) is 0.870. The second-order valence-electron chi connectivity index (χ2n) is 8.05. The van der Waals surface area contributed by atoms with Crippen LogP contribution in [0.2, 0.25) is 0 Å². The first-order valence-corrected chi connectivity index (χ1v) is 8.90. The summed E-state index contributed by atoms with van der Waals surface area (Å²) in [5, 5.41) is 3.77. The van der Waals surface area contributed by atoms with Gasteiger partial charge < -0.3 is 10.1 Å². The van der Waals surface area contributed by atoms with Crippen LogP contribution in [0, 0.1) is 11.3 Å². The quantitative estimate of drug-likeness (QED) is 0.722. The second-order valence-corrected chi connectivity index (χ2v) is 8.05. The molecule has 0 spiro atoms. The van der Waals surface area contributed by atoms with Crippen LogP contribution in [-0.4, -0.2) is 25.3 Å². The van der Waals surface area contributed by atoms with Gasteiger partial charge in [0.25, 0.3) is 0 Å². The highest BCUT2D eigenvalue weighted by atomic mass is 16.5. The van der Waals surface area contributed by atoms with E-state index in [1.165, 1.54) is 57.8 Å². The number of hydrogen-bond acceptors (Lipinski definition) is 2. The summed E-state index contributed by atoms with van der Waals surface area (Å²) in [4.78, 5) is 0. The summed E-state index contributed by atoms with van der Waals surface area (Å²) in [6.45, 7) is 9.32. The van der Waals surface area contributed by atoms with Gasteiger partial charge in [-0.2, -0.15) is 0 Å². The van der Waals surface area contributed by atoms with Crippen LogP contribution >= 0.6 is 0 Å². The maximum absolute atomic E-state index is 5.99. The van der Waals surface area contributed by atoms with Crippen molar-refractivity contribution < 1.29 is 4.74 Å². The summed E-state index contributed by atoms with van der Waals surface area (Å²) in [5.41, 5.74) is 0.522. The van der Waals surface area contributed by atoms with Crippen molar-refractivity contribution >= 4 is 0 Å². The van der Waals surface area contributed by atoms with Gasteiger partial charge >= 0.3 is 0 Å². The molecule has 0 radical (unpaired) electrons. The lowest BCUT2D eigenvalue weighted by molar-refractivity contribution is 0.0266. The number of ether oxygens (including phenoxy) is 1. The minimum atomic E-state index is 0.522. The van der Waals surface area contributed by atoms with E-state index in [1.807, 2.05) is 0 Å². The third kappa shape index (κ3) is 5.73. The van der Waals surface area contributed by atoms with Gasteiger partial charge in [-0.1, -0.05) is 40.0 Å². The van der Waals surface area contributed by atoms with Crippen LogP contribution in [0.4, 0.5) is 0 Å². The molecule has 1 N–H and O–H groups in total. The van der Waals surface area contributed by atoms with Crippen LogP contribution in [0.25, 0.3) is 0 Å². The van der Waals surface area contributed by atoms with E-state index in [-0.39, 0.29) is 0 Å². The summed E-state index contributed by atoms with van der Waals surface area (Å²) in [6, 6.07) is 0.725. The van der Waals surface area contributed by atoms with E-state index in [1.54, 1.807) is 0 Å². The fraction of sp³-hybridized carbons (Fsp3) is 1.00. The van der Waals surface area contributed by atoms with Crippen molar-refractivity contribution in [2.75, 3.05) is 13.2 Å². The first kappa shape index (κ1) is 16.3. The van der Waals surface area contributed by atoms with E-state index in [4.69, 9.17) is 4.74 Å². The highest BCUT2D eigenvalue weighted by Gasteiger charge is 2.31. The Morgan fingerprint density at radius 2 is 1.85 bits per heavy atom. The SMILES string of the molecule is CC1CC(NCCCOC2CCCCC2)CC(C)(C)C1. The van der Waals surface area contributed by atoms with Gasteiger partial charge in [0.1, 0.15) is 0 Å².